The van der Waals surface area contributed by atoms with Gasteiger partial charge in [-0.25, -0.2) is 9.48 Å². The summed E-state index contributed by atoms with van der Waals surface area (Å²) >= 11 is 0. The lowest BCUT2D eigenvalue weighted by Crippen LogP contribution is -2.09. The first-order valence-electron chi connectivity index (χ1n) is 5.86. The molecule has 0 unspecified atom stereocenters. The first kappa shape index (κ1) is 13.6. The molecule has 0 aliphatic rings. The number of rotatable bonds is 7. The van der Waals surface area contributed by atoms with Crippen molar-refractivity contribution in [1.82, 2.24) is 15.0 Å². The third-order valence-electron chi connectivity index (χ3n) is 2.58. The van der Waals surface area contributed by atoms with Crippen LogP contribution in [0.5, 0.6) is 0 Å². The van der Waals surface area contributed by atoms with Gasteiger partial charge < -0.3 is 9.84 Å². The Balaban J connectivity index is 2.66. The molecule has 1 aromatic heterocycles. The monoisotopic (exact) mass is 241 g/mol. The van der Waals surface area contributed by atoms with Crippen molar-refractivity contribution in [2.75, 3.05) is 13.7 Å². The topological polar surface area (TPSA) is 77.2 Å². The van der Waals surface area contributed by atoms with Gasteiger partial charge in [0.05, 0.1) is 12.8 Å². The number of ether oxygens (including phenoxy) is 1. The van der Waals surface area contributed by atoms with E-state index in [0.29, 0.717) is 18.7 Å². The van der Waals surface area contributed by atoms with Crippen molar-refractivity contribution in [3.05, 3.63) is 11.4 Å². The number of methoxy groups -OCH3 is 1. The normalized spacial score (nSPS) is 10.5. The summed E-state index contributed by atoms with van der Waals surface area (Å²) in [5, 5.41) is 16.5. The minimum absolute atomic E-state index is 0.214. The predicted molar refractivity (Wildman–Crippen MR) is 61.7 cm³/mol. The standard InChI is InChI=1S/C11H19N3O3/c1-3-9-10(11(16)17-2)12-13-14(9)7-5-4-6-8-15/h15H,3-8H2,1-2H3. The van der Waals surface area contributed by atoms with Crippen molar-refractivity contribution >= 4 is 5.97 Å². The van der Waals surface area contributed by atoms with Gasteiger partial charge in [-0.1, -0.05) is 12.1 Å². The minimum atomic E-state index is -0.441. The molecule has 1 aromatic rings. The van der Waals surface area contributed by atoms with Gasteiger partial charge in [-0.15, -0.1) is 5.10 Å². The number of hydrogen-bond acceptors (Lipinski definition) is 5. The quantitative estimate of drug-likeness (QED) is 0.564. The molecule has 0 saturated heterocycles. The lowest BCUT2D eigenvalue weighted by atomic mass is 10.2. The number of carbonyl (C=O) groups is 1. The van der Waals surface area contributed by atoms with E-state index in [1.165, 1.54) is 7.11 Å². The zero-order valence-electron chi connectivity index (χ0n) is 10.3. The van der Waals surface area contributed by atoms with Crippen LogP contribution < -0.4 is 0 Å². The Labute approximate surface area is 101 Å². The molecule has 1 rings (SSSR count). The van der Waals surface area contributed by atoms with Crippen LogP contribution in [-0.4, -0.2) is 39.8 Å². The fraction of sp³-hybridized carbons (Fsp3) is 0.727. The Kier molecular flexibility index (Phi) is 5.62. The van der Waals surface area contributed by atoms with Crippen LogP contribution in [0.3, 0.4) is 0 Å². The molecule has 1 heterocycles. The first-order valence-corrected chi connectivity index (χ1v) is 5.86. The van der Waals surface area contributed by atoms with Crippen molar-refractivity contribution < 1.29 is 14.6 Å². The number of hydrogen-bond donors (Lipinski definition) is 1. The van der Waals surface area contributed by atoms with Crippen LogP contribution in [0.15, 0.2) is 0 Å². The summed E-state index contributed by atoms with van der Waals surface area (Å²) in [5.74, 6) is -0.441. The molecule has 0 amide bonds. The molecule has 0 aromatic carbocycles. The lowest BCUT2D eigenvalue weighted by molar-refractivity contribution is 0.0592. The Hall–Kier alpha value is -1.43. The largest absolute Gasteiger partial charge is 0.464 e. The number of aliphatic hydroxyl groups excluding tert-OH is 1. The summed E-state index contributed by atoms with van der Waals surface area (Å²) in [5.41, 5.74) is 1.11. The molecule has 0 aliphatic carbocycles. The summed E-state index contributed by atoms with van der Waals surface area (Å²) in [6.45, 7) is 2.88. The highest BCUT2D eigenvalue weighted by Crippen LogP contribution is 2.09. The van der Waals surface area contributed by atoms with Gasteiger partial charge in [0, 0.05) is 13.2 Å². The second-order valence-corrected chi connectivity index (χ2v) is 3.74. The van der Waals surface area contributed by atoms with Crippen molar-refractivity contribution in [3.63, 3.8) is 0 Å². The average Bonchev–Trinajstić information content (AvgIpc) is 2.76. The smallest absolute Gasteiger partial charge is 0.360 e. The third-order valence-corrected chi connectivity index (χ3v) is 2.58. The number of aliphatic hydroxyl groups is 1. The van der Waals surface area contributed by atoms with Crippen molar-refractivity contribution in [2.24, 2.45) is 0 Å². The van der Waals surface area contributed by atoms with E-state index in [2.05, 4.69) is 15.0 Å². The number of carbonyl (C=O) groups excluding carboxylic acids is 1. The highest BCUT2D eigenvalue weighted by atomic mass is 16.5. The molecule has 17 heavy (non-hydrogen) atoms. The number of aryl methyl sites for hydroxylation is 1. The molecule has 96 valence electrons. The van der Waals surface area contributed by atoms with Crippen LogP contribution in [0.25, 0.3) is 0 Å². The van der Waals surface area contributed by atoms with Crippen LogP contribution in [0.1, 0.15) is 42.4 Å². The highest BCUT2D eigenvalue weighted by Gasteiger charge is 2.18. The summed E-state index contributed by atoms with van der Waals surface area (Å²) in [4.78, 5) is 11.4. The van der Waals surface area contributed by atoms with Crippen molar-refractivity contribution in [2.45, 2.75) is 39.2 Å². The summed E-state index contributed by atoms with van der Waals surface area (Å²) in [6.07, 6.45) is 3.34. The predicted octanol–water partition coefficient (Wildman–Crippen LogP) is 0.790. The van der Waals surface area contributed by atoms with Crippen LogP contribution in [0.2, 0.25) is 0 Å². The number of aromatic nitrogens is 3. The van der Waals surface area contributed by atoms with Gasteiger partial charge in [-0.05, 0) is 25.7 Å². The maximum absolute atomic E-state index is 11.4. The van der Waals surface area contributed by atoms with Gasteiger partial charge >= 0.3 is 5.97 Å². The number of unbranched alkanes of at least 4 members (excludes halogenated alkanes) is 2. The summed E-state index contributed by atoms with van der Waals surface area (Å²) in [6, 6.07) is 0. The van der Waals surface area contributed by atoms with E-state index in [9.17, 15) is 4.79 Å². The van der Waals surface area contributed by atoms with Gasteiger partial charge in [-0.3, -0.25) is 0 Å². The Morgan fingerprint density at radius 1 is 1.41 bits per heavy atom. The first-order chi connectivity index (χ1) is 8.24. The Morgan fingerprint density at radius 2 is 2.18 bits per heavy atom. The second kappa shape index (κ2) is 7.01. The van der Waals surface area contributed by atoms with Gasteiger partial charge in [0.15, 0.2) is 5.69 Å². The highest BCUT2D eigenvalue weighted by molar-refractivity contribution is 5.88. The minimum Gasteiger partial charge on any atom is -0.464 e. The SMILES string of the molecule is CCc1c(C(=O)OC)nnn1CCCCCO. The molecule has 0 bridgehead atoms. The zero-order chi connectivity index (χ0) is 12.7. The molecular formula is C11H19N3O3. The van der Waals surface area contributed by atoms with Gasteiger partial charge in [-0.2, -0.15) is 0 Å². The molecular weight excluding hydrogens is 222 g/mol. The molecule has 1 N–H and O–H groups in total. The van der Waals surface area contributed by atoms with Crippen molar-refractivity contribution in [3.8, 4) is 0 Å². The van der Waals surface area contributed by atoms with Crippen LogP contribution in [-0.2, 0) is 17.7 Å². The number of esters is 1. The molecule has 0 fully saturated rings. The van der Waals surface area contributed by atoms with Gasteiger partial charge in [0.25, 0.3) is 0 Å². The van der Waals surface area contributed by atoms with E-state index in [1.54, 1.807) is 4.68 Å². The number of nitrogens with zero attached hydrogens (tertiary/aromatic N) is 3. The lowest BCUT2D eigenvalue weighted by Gasteiger charge is -2.04. The molecule has 0 aliphatic heterocycles. The Morgan fingerprint density at radius 3 is 2.76 bits per heavy atom. The van der Waals surface area contributed by atoms with Crippen LogP contribution in [0, 0.1) is 0 Å². The molecule has 6 heteroatoms. The van der Waals surface area contributed by atoms with E-state index in [-0.39, 0.29) is 6.61 Å². The fourth-order valence-corrected chi connectivity index (χ4v) is 1.67. The molecule has 6 nitrogen and oxygen atoms in total. The van der Waals surface area contributed by atoms with E-state index in [4.69, 9.17) is 5.11 Å². The Bertz CT molecular complexity index is 363. The fourth-order valence-electron chi connectivity index (χ4n) is 1.67. The average molecular weight is 241 g/mol. The maximum Gasteiger partial charge on any atom is 0.360 e. The molecule has 0 spiro atoms. The van der Waals surface area contributed by atoms with Crippen LogP contribution >= 0.6 is 0 Å². The van der Waals surface area contributed by atoms with Crippen LogP contribution in [0.4, 0.5) is 0 Å². The summed E-state index contributed by atoms with van der Waals surface area (Å²) < 4.78 is 6.39. The molecule has 0 radical (unpaired) electrons. The van der Waals surface area contributed by atoms with E-state index in [1.807, 2.05) is 6.92 Å². The van der Waals surface area contributed by atoms with E-state index >= 15 is 0 Å². The zero-order valence-corrected chi connectivity index (χ0v) is 10.3. The van der Waals surface area contributed by atoms with Gasteiger partial charge in [0.2, 0.25) is 0 Å². The summed E-state index contributed by atoms with van der Waals surface area (Å²) in [7, 11) is 1.34. The van der Waals surface area contributed by atoms with E-state index < -0.39 is 5.97 Å². The maximum atomic E-state index is 11.4. The van der Waals surface area contributed by atoms with Gasteiger partial charge in [0.1, 0.15) is 0 Å². The third kappa shape index (κ3) is 3.52. The van der Waals surface area contributed by atoms with Crippen molar-refractivity contribution in [1.29, 1.82) is 0 Å². The molecule has 0 saturated carbocycles. The van der Waals surface area contributed by atoms with E-state index in [0.717, 1.165) is 25.0 Å². The molecule has 0 atom stereocenters. The second-order valence-electron chi connectivity index (χ2n) is 3.74.